The molecule has 0 radical (unpaired) electrons. The van der Waals surface area contributed by atoms with Crippen LogP contribution < -0.4 is 20.7 Å². The first-order valence-electron chi connectivity index (χ1n) is 12.5. The number of anilines is 1. The minimum atomic E-state index is -0.0936. The Morgan fingerprint density at radius 3 is 1.94 bits per heavy atom. The molecule has 2 heterocycles. The lowest BCUT2D eigenvalue weighted by atomic mass is 10.1. The number of Topliss-reactive ketones (excluding diaryl/α,β-unsaturated/α-hetero) is 1. The Kier molecular flexibility index (Phi) is 9.65. The van der Waals surface area contributed by atoms with Gasteiger partial charge in [0.2, 0.25) is 5.91 Å². The Morgan fingerprint density at radius 1 is 0.800 bits per heavy atom. The van der Waals surface area contributed by atoms with Crippen molar-refractivity contribution in [3.8, 4) is 11.5 Å². The molecule has 2 aromatic carbocycles. The second-order valence-electron chi connectivity index (χ2n) is 9.07. The maximum Gasteiger partial charge on any atom is 0.238 e. The molecule has 2 aromatic rings. The smallest absolute Gasteiger partial charge is 0.238 e. The number of hydrogen-bond donors (Lipinski definition) is 3. The first-order chi connectivity index (χ1) is 17.1. The first-order valence-corrected chi connectivity index (χ1v) is 12.5. The average Bonchev–Trinajstić information content (AvgIpc) is 3.56. The molecule has 2 aliphatic heterocycles. The number of carbonyl (C=O) groups is 2. The van der Waals surface area contributed by atoms with E-state index in [9.17, 15) is 9.59 Å². The molecule has 188 valence electrons. The third kappa shape index (κ3) is 8.74. The highest BCUT2D eigenvalue weighted by atomic mass is 16.5. The summed E-state index contributed by atoms with van der Waals surface area (Å²) in [5.74, 6) is 1.41. The Labute approximate surface area is 206 Å². The Balaban J connectivity index is 1.15. The van der Waals surface area contributed by atoms with Crippen LogP contribution in [-0.2, 0) is 25.5 Å². The zero-order valence-electron chi connectivity index (χ0n) is 20.1. The standard InChI is InChI=1S/C27H35N3O5/c31-22(16-28-17-25-3-1-13-33-25)15-20-5-9-23(10-6-20)35-24-11-7-21(8-12-24)30-27(32)19-29-18-26-4-2-14-34-26/h5-12,25-26,28-29H,1-4,13-19H2,(H,30,32). The maximum atomic E-state index is 12.2. The summed E-state index contributed by atoms with van der Waals surface area (Å²) in [4.78, 5) is 24.3. The van der Waals surface area contributed by atoms with Gasteiger partial charge in [-0.15, -0.1) is 0 Å². The van der Waals surface area contributed by atoms with Crippen LogP contribution >= 0.6 is 0 Å². The molecule has 8 heteroatoms. The maximum absolute atomic E-state index is 12.2. The fraction of sp³-hybridized carbons (Fsp3) is 0.481. The summed E-state index contributed by atoms with van der Waals surface area (Å²) in [7, 11) is 0. The molecular weight excluding hydrogens is 446 g/mol. The second-order valence-corrected chi connectivity index (χ2v) is 9.07. The largest absolute Gasteiger partial charge is 0.457 e. The van der Waals surface area contributed by atoms with Crippen molar-refractivity contribution in [2.45, 2.75) is 44.3 Å². The van der Waals surface area contributed by atoms with Crippen LogP contribution in [0.4, 0.5) is 5.69 Å². The van der Waals surface area contributed by atoms with Crippen molar-refractivity contribution >= 4 is 17.4 Å². The van der Waals surface area contributed by atoms with Gasteiger partial charge in [-0.1, -0.05) is 12.1 Å². The Bertz CT molecular complexity index is 859. The number of benzene rings is 2. The van der Waals surface area contributed by atoms with Gasteiger partial charge in [-0.2, -0.15) is 0 Å². The quantitative estimate of drug-likeness (QED) is 0.405. The van der Waals surface area contributed by atoms with Crippen molar-refractivity contribution in [3.63, 3.8) is 0 Å². The molecule has 35 heavy (non-hydrogen) atoms. The van der Waals surface area contributed by atoms with Crippen molar-refractivity contribution in [2.75, 3.05) is 44.7 Å². The molecular formula is C27H35N3O5. The van der Waals surface area contributed by atoms with Gasteiger partial charge in [-0.25, -0.2) is 0 Å². The first kappa shape index (κ1) is 25.3. The lowest BCUT2D eigenvalue weighted by molar-refractivity contribution is -0.118. The minimum Gasteiger partial charge on any atom is -0.457 e. The summed E-state index contributed by atoms with van der Waals surface area (Å²) < 4.78 is 17.0. The molecule has 3 N–H and O–H groups in total. The summed E-state index contributed by atoms with van der Waals surface area (Å²) in [6, 6.07) is 14.8. The summed E-state index contributed by atoms with van der Waals surface area (Å²) in [6.45, 7) is 3.66. The molecule has 2 fully saturated rings. The fourth-order valence-electron chi connectivity index (χ4n) is 4.24. The predicted molar refractivity (Wildman–Crippen MR) is 134 cm³/mol. The van der Waals surface area contributed by atoms with Gasteiger partial charge in [-0.3, -0.25) is 9.59 Å². The van der Waals surface area contributed by atoms with E-state index in [4.69, 9.17) is 14.2 Å². The van der Waals surface area contributed by atoms with Gasteiger partial charge in [-0.05, 0) is 67.6 Å². The van der Waals surface area contributed by atoms with Gasteiger partial charge < -0.3 is 30.2 Å². The molecule has 0 saturated carbocycles. The molecule has 0 aliphatic carbocycles. The van der Waals surface area contributed by atoms with Gasteiger partial charge in [0.25, 0.3) is 0 Å². The van der Waals surface area contributed by atoms with Crippen molar-refractivity contribution in [1.82, 2.24) is 10.6 Å². The number of carbonyl (C=O) groups excluding carboxylic acids is 2. The Hall–Kier alpha value is -2.78. The highest BCUT2D eigenvalue weighted by Gasteiger charge is 2.16. The summed E-state index contributed by atoms with van der Waals surface area (Å²) in [5.41, 5.74) is 1.66. The SMILES string of the molecule is O=C(CNCC1CCCO1)Cc1ccc(Oc2ccc(NC(=O)CNCC3CCCO3)cc2)cc1. The monoisotopic (exact) mass is 481 g/mol. The molecule has 1 amide bonds. The van der Waals surface area contributed by atoms with Crippen molar-refractivity contribution < 1.29 is 23.8 Å². The van der Waals surface area contributed by atoms with Crippen LogP contribution in [0.25, 0.3) is 0 Å². The van der Waals surface area contributed by atoms with E-state index in [1.54, 1.807) is 0 Å². The molecule has 4 rings (SSSR count). The predicted octanol–water partition coefficient (Wildman–Crippen LogP) is 3.07. The number of ether oxygens (including phenoxy) is 3. The van der Waals surface area contributed by atoms with Crippen LogP contribution in [0, 0.1) is 0 Å². The van der Waals surface area contributed by atoms with E-state index in [0.717, 1.165) is 51.0 Å². The van der Waals surface area contributed by atoms with Crippen LogP contribution in [0.2, 0.25) is 0 Å². The van der Waals surface area contributed by atoms with Crippen LogP contribution in [0.15, 0.2) is 48.5 Å². The zero-order chi connectivity index (χ0) is 24.3. The molecule has 0 aromatic heterocycles. The summed E-state index contributed by atoms with van der Waals surface area (Å²) in [5, 5.41) is 9.21. The normalized spacial score (nSPS) is 19.5. The summed E-state index contributed by atoms with van der Waals surface area (Å²) in [6.07, 6.45) is 5.14. The van der Waals surface area contributed by atoms with Crippen molar-refractivity contribution in [2.24, 2.45) is 0 Å². The molecule has 0 spiro atoms. The highest BCUT2D eigenvalue weighted by Crippen LogP contribution is 2.23. The average molecular weight is 482 g/mol. The summed E-state index contributed by atoms with van der Waals surface area (Å²) >= 11 is 0. The van der Waals surface area contributed by atoms with Crippen molar-refractivity contribution in [3.05, 3.63) is 54.1 Å². The lowest BCUT2D eigenvalue weighted by Crippen LogP contribution is -2.33. The molecule has 8 nitrogen and oxygen atoms in total. The van der Waals surface area contributed by atoms with Crippen LogP contribution in [-0.4, -0.2) is 63.3 Å². The van der Waals surface area contributed by atoms with E-state index in [2.05, 4.69) is 16.0 Å². The van der Waals surface area contributed by atoms with E-state index in [1.165, 1.54) is 0 Å². The van der Waals surface area contributed by atoms with Gasteiger partial charge >= 0.3 is 0 Å². The third-order valence-corrected chi connectivity index (χ3v) is 6.10. The van der Waals surface area contributed by atoms with Gasteiger partial charge in [0.05, 0.1) is 25.3 Å². The molecule has 2 saturated heterocycles. The number of rotatable bonds is 13. The molecule has 2 aliphatic rings. The topological polar surface area (TPSA) is 97.9 Å². The third-order valence-electron chi connectivity index (χ3n) is 6.10. The van der Waals surface area contributed by atoms with E-state index in [0.29, 0.717) is 36.7 Å². The van der Waals surface area contributed by atoms with Gasteiger partial charge in [0.1, 0.15) is 11.5 Å². The zero-order valence-corrected chi connectivity index (χ0v) is 20.1. The van der Waals surface area contributed by atoms with Crippen molar-refractivity contribution in [1.29, 1.82) is 0 Å². The fourth-order valence-corrected chi connectivity index (χ4v) is 4.24. The minimum absolute atomic E-state index is 0.0936. The van der Waals surface area contributed by atoms with E-state index in [1.807, 2.05) is 48.5 Å². The van der Waals surface area contributed by atoms with E-state index >= 15 is 0 Å². The molecule has 0 bridgehead atoms. The van der Waals surface area contributed by atoms with Crippen LogP contribution in [0.5, 0.6) is 11.5 Å². The number of ketones is 1. The molecule has 2 unspecified atom stereocenters. The van der Waals surface area contributed by atoms with Gasteiger partial charge in [0.15, 0.2) is 5.78 Å². The number of hydrogen-bond acceptors (Lipinski definition) is 7. The lowest BCUT2D eigenvalue weighted by Gasteiger charge is -2.11. The van der Waals surface area contributed by atoms with E-state index < -0.39 is 0 Å². The molecule has 2 atom stereocenters. The van der Waals surface area contributed by atoms with Crippen LogP contribution in [0.3, 0.4) is 0 Å². The van der Waals surface area contributed by atoms with Crippen LogP contribution in [0.1, 0.15) is 31.2 Å². The van der Waals surface area contributed by atoms with Gasteiger partial charge in [0, 0.05) is 38.4 Å². The Morgan fingerprint density at radius 2 is 1.37 bits per heavy atom. The second kappa shape index (κ2) is 13.3. The van der Waals surface area contributed by atoms with E-state index in [-0.39, 0.29) is 30.4 Å². The highest BCUT2D eigenvalue weighted by molar-refractivity contribution is 5.92. The number of nitrogens with one attached hydrogen (secondary N) is 3. The number of amides is 1.